The number of nitrogens with two attached hydrogens (primary N) is 1. The zero-order valence-corrected chi connectivity index (χ0v) is 11.6. The molecule has 0 aliphatic rings. The van der Waals surface area contributed by atoms with Gasteiger partial charge in [-0.25, -0.2) is 4.98 Å². The molecule has 0 saturated heterocycles. The number of hydrogen-bond acceptors (Lipinski definition) is 4. The number of fused-ring (bicyclic) bond motifs is 1. The van der Waals surface area contributed by atoms with Crippen LogP contribution < -0.4 is 16.2 Å². The van der Waals surface area contributed by atoms with E-state index in [1.807, 2.05) is 11.9 Å². The zero-order valence-electron chi connectivity index (χ0n) is 11.6. The van der Waals surface area contributed by atoms with Crippen molar-refractivity contribution in [1.29, 1.82) is 0 Å². The van der Waals surface area contributed by atoms with E-state index in [1.54, 1.807) is 18.2 Å². The van der Waals surface area contributed by atoms with Gasteiger partial charge in [0.05, 0.1) is 10.9 Å². The van der Waals surface area contributed by atoms with Crippen LogP contribution in [0.4, 0.5) is 11.6 Å². The van der Waals surface area contributed by atoms with Gasteiger partial charge >= 0.3 is 0 Å². The smallest absolute Gasteiger partial charge is 0.260 e. The van der Waals surface area contributed by atoms with Crippen molar-refractivity contribution >= 4 is 22.5 Å². The SMILES string of the molecule is CCC(C)CN(C)c1nc2ccc(N)cc2c(=O)[nH]1. The molecule has 5 nitrogen and oxygen atoms in total. The number of nitrogens with one attached hydrogen (secondary N) is 1. The van der Waals surface area contributed by atoms with Gasteiger partial charge < -0.3 is 10.6 Å². The first-order chi connectivity index (χ1) is 9.01. The Labute approximate surface area is 112 Å². The minimum Gasteiger partial charge on any atom is -0.399 e. The molecule has 0 bridgehead atoms. The van der Waals surface area contributed by atoms with Gasteiger partial charge in [-0.2, -0.15) is 0 Å². The summed E-state index contributed by atoms with van der Waals surface area (Å²) in [6.07, 6.45) is 1.10. The van der Waals surface area contributed by atoms with Gasteiger partial charge in [0.2, 0.25) is 5.95 Å². The Morgan fingerprint density at radius 3 is 2.89 bits per heavy atom. The number of anilines is 2. The first-order valence-corrected chi connectivity index (χ1v) is 6.52. The Hall–Kier alpha value is -2.04. The lowest BCUT2D eigenvalue weighted by atomic mass is 10.1. The maximum absolute atomic E-state index is 12.0. The molecule has 1 aromatic carbocycles. The molecule has 2 rings (SSSR count). The average molecular weight is 260 g/mol. The number of aromatic nitrogens is 2. The van der Waals surface area contributed by atoms with E-state index in [0.29, 0.717) is 28.5 Å². The van der Waals surface area contributed by atoms with Crippen LogP contribution >= 0.6 is 0 Å². The number of hydrogen-bond donors (Lipinski definition) is 2. The number of H-pyrrole nitrogens is 1. The molecule has 1 atom stereocenters. The molecule has 3 N–H and O–H groups in total. The quantitative estimate of drug-likeness (QED) is 0.824. The first-order valence-electron chi connectivity index (χ1n) is 6.52. The Morgan fingerprint density at radius 1 is 1.47 bits per heavy atom. The summed E-state index contributed by atoms with van der Waals surface area (Å²) < 4.78 is 0. The fourth-order valence-corrected chi connectivity index (χ4v) is 2.01. The third-order valence-electron chi connectivity index (χ3n) is 3.36. The Morgan fingerprint density at radius 2 is 2.21 bits per heavy atom. The molecule has 102 valence electrons. The van der Waals surface area contributed by atoms with E-state index in [9.17, 15) is 4.79 Å². The predicted octanol–water partition coefficient (Wildman–Crippen LogP) is 1.99. The zero-order chi connectivity index (χ0) is 14.0. The lowest BCUT2D eigenvalue weighted by Crippen LogP contribution is -2.27. The lowest BCUT2D eigenvalue weighted by Gasteiger charge is -2.21. The second kappa shape index (κ2) is 5.30. The van der Waals surface area contributed by atoms with Crippen LogP contribution in [0, 0.1) is 5.92 Å². The minimum absolute atomic E-state index is 0.150. The number of nitrogens with zero attached hydrogens (tertiary/aromatic N) is 2. The predicted molar refractivity (Wildman–Crippen MR) is 79.5 cm³/mol. The molecule has 0 aliphatic carbocycles. The summed E-state index contributed by atoms with van der Waals surface area (Å²) in [6, 6.07) is 5.19. The van der Waals surface area contributed by atoms with E-state index < -0.39 is 0 Å². The van der Waals surface area contributed by atoms with Crippen LogP contribution in [0.3, 0.4) is 0 Å². The van der Waals surface area contributed by atoms with E-state index >= 15 is 0 Å². The molecule has 2 aromatic rings. The van der Waals surface area contributed by atoms with Gasteiger partial charge in [0, 0.05) is 19.3 Å². The number of aromatic amines is 1. The van der Waals surface area contributed by atoms with Crippen molar-refractivity contribution in [2.75, 3.05) is 24.2 Å². The van der Waals surface area contributed by atoms with E-state index in [4.69, 9.17) is 5.73 Å². The molecule has 0 fully saturated rings. The van der Waals surface area contributed by atoms with Gasteiger partial charge in [0.15, 0.2) is 0 Å². The summed E-state index contributed by atoms with van der Waals surface area (Å²) in [5.74, 6) is 1.15. The fraction of sp³-hybridized carbons (Fsp3) is 0.429. The van der Waals surface area contributed by atoms with E-state index in [1.165, 1.54) is 0 Å². The molecular formula is C14H20N4O. The summed E-state index contributed by atoms with van der Waals surface area (Å²) >= 11 is 0. The summed E-state index contributed by atoms with van der Waals surface area (Å²) in [6.45, 7) is 5.19. The molecule has 1 aromatic heterocycles. The molecule has 0 radical (unpaired) electrons. The highest BCUT2D eigenvalue weighted by atomic mass is 16.1. The number of nitrogen functional groups attached to an aromatic ring is 1. The monoisotopic (exact) mass is 260 g/mol. The third-order valence-corrected chi connectivity index (χ3v) is 3.36. The van der Waals surface area contributed by atoms with Crippen molar-refractivity contribution in [1.82, 2.24) is 9.97 Å². The van der Waals surface area contributed by atoms with Crippen molar-refractivity contribution < 1.29 is 0 Å². The fourth-order valence-electron chi connectivity index (χ4n) is 2.01. The highest BCUT2D eigenvalue weighted by molar-refractivity contribution is 5.81. The van der Waals surface area contributed by atoms with Crippen LogP contribution in [0.15, 0.2) is 23.0 Å². The Bertz CT molecular complexity index is 635. The molecule has 19 heavy (non-hydrogen) atoms. The maximum Gasteiger partial charge on any atom is 0.260 e. The summed E-state index contributed by atoms with van der Waals surface area (Å²) in [5.41, 5.74) is 6.77. The van der Waals surface area contributed by atoms with Crippen LogP contribution in [0.1, 0.15) is 20.3 Å². The molecule has 0 amide bonds. The molecule has 1 heterocycles. The molecule has 0 aliphatic heterocycles. The van der Waals surface area contributed by atoms with Crippen molar-refractivity contribution in [3.63, 3.8) is 0 Å². The minimum atomic E-state index is -0.150. The van der Waals surface area contributed by atoms with Crippen LogP contribution in [-0.4, -0.2) is 23.6 Å². The van der Waals surface area contributed by atoms with Crippen molar-refractivity contribution in [3.8, 4) is 0 Å². The summed E-state index contributed by atoms with van der Waals surface area (Å²) in [4.78, 5) is 21.3. The van der Waals surface area contributed by atoms with Gasteiger partial charge in [0.25, 0.3) is 5.56 Å². The highest BCUT2D eigenvalue weighted by Gasteiger charge is 2.10. The summed E-state index contributed by atoms with van der Waals surface area (Å²) in [5, 5.41) is 0.528. The van der Waals surface area contributed by atoms with Crippen molar-refractivity contribution in [3.05, 3.63) is 28.6 Å². The van der Waals surface area contributed by atoms with Gasteiger partial charge in [-0.1, -0.05) is 20.3 Å². The molecule has 5 heteroatoms. The molecule has 0 spiro atoms. The number of benzene rings is 1. The van der Waals surface area contributed by atoms with Crippen LogP contribution in [0.2, 0.25) is 0 Å². The summed E-state index contributed by atoms with van der Waals surface area (Å²) in [7, 11) is 1.94. The molecule has 0 saturated carbocycles. The maximum atomic E-state index is 12.0. The largest absolute Gasteiger partial charge is 0.399 e. The van der Waals surface area contributed by atoms with Gasteiger partial charge in [-0.15, -0.1) is 0 Å². The second-order valence-corrected chi connectivity index (χ2v) is 5.06. The van der Waals surface area contributed by atoms with Crippen molar-refractivity contribution in [2.24, 2.45) is 5.92 Å². The Balaban J connectivity index is 2.41. The van der Waals surface area contributed by atoms with Gasteiger partial charge in [-0.3, -0.25) is 9.78 Å². The normalized spacial score (nSPS) is 12.6. The average Bonchev–Trinajstić information content (AvgIpc) is 2.39. The topological polar surface area (TPSA) is 75.0 Å². The van der Waals surface area contributed by atoms with Crippen LogP contribution in [-0.2, 0) is 0 Å². The molecule has 1 unspecified atom stereocenters. The third kappa shape index (κ3) is 2.86. The Kier molecular flexibility index (Phi) is 3.74. The van der Waals surface area contributed by atoms with Crippen LogP contribution in [0.25, 0.3) is 10.9 Å². The molecular weight excluding hydrogens is 240 g/mol. The lowest BCUT2D eigenvalue weighted by molar-refractivity contribution is 0.555. The highest BCUT2D eigenvalue weighted by Crippen LogP contribution is 2.15. The van der Waals surface area contributed by atoms with Crippen LogP contribution in [0.5, 0.6) is 0 Å². The van der Waals surface area contributed by atoms with E-state index in [-0.39, 0.29) is 5.56 Å². The van der Waals surface area contributed by atoms with E-state index in [2.05, 4.69) is 23.8 Å². The second-order valence-electron chi connectivity index (χ2n) is 5.06. The standard InChI is InChI=1S/C14H20N4O/c1-4-9(2)8-18(3)14-16-12-6-5-10(15)7-11(12)13(19)17-14/h5-7,9H,4,8,15H2,1-3H3,(H,16,17,19). The van der Waals surface area contributed by atoms with Gasteiger partial charge in [-0.05, 0) is 24.1 Å². The first kappa shape index (κ1) is 13.4. The van der Waals surface area contributed by atoms with Crippen molar-refractivity contribution in [2.45, 2.75) is 20.3 Å². The number of rotatable bonds is 4. The van der Waals surface area contributed by atoms with E-state index in [0.717, 1.165) is 13.0 Å². The van der Waals surface area contributed by atoms with Gasteiger partial charge in [0.1, 0.15) is 0 Å².